The van der Waals surface area contributed by atoms with E-state index in [0.29, 0.717) is 25.4 Å². The fourth-order valence-corrected chi connectivity index (χ4v) is 3.43. The molecule has 2 heterocycles. The van der Waals surface area contributed by atoms with Crippen molar-refractivity contribution in [3.8, 4) is 11.5 Å². The van der Waals surface area contributed by atoms with Crippen LogP contribution >= 0.6 is 0 Å². The number of rotatable bonds is 5. The van der Waals surface area contributed by atoms with E-state index >= 15 is 0 Å². The van der Waals surface area contributed by atoms with Crippen molar-refractivity contribution in [2.24, 2.45) is 0 Å². The number of amides is 2. The van der Waals surface area contributed by atoms with Crippen molar-refractivity contribution >= 4 is 11.8 Å². The Bertz CT molecular complexity index is 865. The van der Waals surface area contributed by atoms with Gasteiger partial charge in [-0.1, -0.05) is 30.3 Å². The highest BCUT2D eigenvalue weighted by Crippen LogP contribution is 2.32. The largest absolute Gasteiger partial charge is 0.454 e. The Labute approximate surface area is 158 Å². The van der Waals surface area contributed by atoms with Crippen LogP contribution in [0.3, 0.4) is 0 Å². The summed E-state index contributed by atoms with van der Waals surface area (Å²) in [6.07, 6.45) is 1.30. The summed E-state index contributed by atoms with van der Waals surface area (Å²) in [6, 6.07) is 13.8. The average molecular weight is 366 g/mol. The molecule has 2 aromatic rings. The lowest BCUT2D eigenvalue weighted by Crippen LogP contribution is -2.36. The highest BCUT2D eigenvalue weighted by molar-refractivity contribution is 5.83. The highest BCUT2D eigenvalue weighted by atomic mass is 16.7. The summed E-state index contributed by atoms with van der Waals surface area (Å²) in [5.74, 6) is 1.32. The maximum Gasteiger partial charge on any atom is 0.231 e. The summed E-state index contributed by atoms with van der Waals surface area (Å²) < 4.78 is 10.6. The van der Waals surface area contributed by atoms with Gasteiger partial charge in [-0.2, -0.15) is 0 Å². The minimum absolute atomic E-state index is 0.0303. The fraction of sp³-hybridized carbons (Fsp3) is 0.333. The predicted octanol–water partition coefficient (Wildman–Crippen LogP) is 2.40. The molecule has 1 N–H and O–H groups in total. The van der Waals surface area contributed by atoms with Gasteiger partial charge in [0.1, 0.15) is 0 Å². The predicted molar refractivity (Wildman–Crippen MR) is 99.2 cm³/mol. The molecule has 0 saturated carbocycles. The molecule has 0 aromatic heterocycles. The van der Waals surface area contributed by atoms with Crippen molar-refractivity contribution < 1.29 is 19.1 Å². The van der Waals surface area contributed by atoms with E-state index in [2.05, 4.69) is 17.4 Å². The Kier molecular flexibility index (Phi) is 4.96. The normalized spacial score (nSPS) is 14.6. The number of hydrogen-bond donors (Lipinski definition) is 1. The van der Waals surface area contributed by atoms with Gasteiger partial charge in [0.2, 0.25) is 18.6 Å². The van der Waals surface area contributed by atoms with E-state index in [4.69, 9.17) is 9.47 Å². The molecule has 6 nitrogen and oxygen atoms in total. The lowest BCUT2D eigenvalue weighted by molar-refractivity contribution is -0.134. The first-order valence-electron chi connectivity index (χ1n) is 9.19. The Hall–Kier alpha value is -3.02. The quantitative estimate of drug-likeness (QED) is 0.882. The molecular weight excluding hydrogens is 344 g/mol. The molecule has 140 valence electrons. The number of benzene rings is 2. The van der Waals surface area contributed by atoms with E-state index in [1.54, 1.807) is 0 Å². The molecule has 0 aliphatic carbocycles. The molecule has 0 saturated heterocycles. The van der Waals surface area contributed by atoms with E-state index in [9.17, 15) is 9.59 Å². The first-order chi connectivity index (χ1) is 13.2. The van der Waals surface area contributed by atoms with Gasteiger partial charge >= 0.3 is 0 Å². The van der Waals surface area contributed by atoms with Crippen molar-refractivity contribution in [3.63, 3.8) is 0 Å². The van der Waals surface area contributed by atoms with Crippen molar-refractivity contribution in [2.75, 3.05) is 13.3 Å². The molecule has 2 aliphatic rings. The van der Waals surface area contributed by atoms with Gasteiger partial charge in [-0.15, -0.1) is 0 Å². The smallest absolute Gasteiger partial charge is 0.231 e. The first kappa shape index (κ1) is 17.4. The molecule has 2 amide bonds. The van der Waals surface area contributed by atoms with Crippen LogP contribution in [0.2, 0.25) is 0 Å². The molecule has 2 aromatic carbocycles. The van der Waals surface area contributed by atoms with Crippen LogP contribution in [0.25, 0.3) is 0 Å². The summed E-state index contributed by atoms with van der Waals surface area (Å²) in [6.45, 7) is 1.98. The van der Waals surface area contributed by atoms with Crippen molar-refractivity contribution in [3.05, 3.63) is 59.2 Å². The second-order valence-corrected chi connectivity index (χ2v) is 6.80. The minimum Gasteiger partial charge on any atom is -0.454 e. The zero-order valence-corrected chi connectivity index (χ0v) is 15.1. The number of nitrogens with zero attached hydrogens (tertiary/aromatic N) is 1. The first-order valence-corrected chi connectivity index (χ1v) is 9.19. The summed E-state index contributed by atoms with van der Waals surface area (Å²) in [7, 11) is 0. The van der Waals surface area contributed by atoms with Crippen LogP contribution in [0.1, 0.15) is 29.5 Å². The molecule has 0 radical (unpaired) electrons. The van der Waals surface area contributed by atoms with Crippen LogP contribution in [-0.4, -0.2) is 30.1 Å². The van der Waals surface area contributed by atoms with E-state index in [1.165, 1.54) is 11.1 Å². The standard InChI is InChI=1S/C21H22N2O4/c24-20(22-12-15-5-6-18-19(11-15)27-14-26-18)7-8-21(25)23-10-9-16-3-1-2-4-17(16)13-23/h1-6,11H,7-10,12-14H2,(H,22,24). The van der Waals surface area contributed by atoms with Crippen LogP contribution in [0.15, 0.2) is 42.5 Å². The average Bonchev–Trinajstić information content (AvgIpc) is 3.18. The third-order valence-corrected chi connectivity index (χ3v) is 4.98. The van der Waals surface area contributed by atoms with Gasteiger partial charge in [-0.05, 0) is 35.2 Å². The van der Waals surface area contributed by atoms with Crippen LogP contribution in [0.4, 0.5) is 0 Å². The zero-order chi connectivity index (χ0) is 18.6. The van der Waals surface area contributed by atoms with Gasteiger partial charge in [0.05, 0.1) is 0 Å². The van der Waals surface area contributed by atoms with Crippen LogP contribution in [-0.2, 0) is 29.1 Å². The van der Waals surface area contributed by atoms with Gasteiger partial charge in [-0.3, -0.25) is 9.59 Å². The molecule has 0 bridgehead atoms. The van der Waals surface area contributed by atoms with E-state index in [1.807, 2.05) is 35.2 Å². The monoisotopic (exact) mass is 366 g/mol. The Morgan fingerprint density at radius 1 is 1.00 bits per heavy atom. The van der Waals surface area contributed by atoms with E-state index in [0.717, 1.165) is 17.7 Å². The molecule has 27 heavy (non-hydrogen) atoms. The molecular formula is C21H22N2O4. The van der Waals surface area contributed by atoms with Gasteiger partial charge < -0.3 is 19.7 Å². The second-order valence-electron chi connectivity index (χ2n) is 6.80. The van der Waals surface area contributed by atoms with Crippen molar-refractivity contribution in [1.82, 2.24) is 10.2 Å². The summed E-state index contributed by atoms with van der Waals surface area (Å²) >= 11 is 0. The highest BCUT2D eigenvalue weighted by Gasteiger charge is 2.20. The number of hydrogen-bond acceptors (Lipinski definition) is 4. The van der Waals surface area contributed by atoms with Crippen LogP contribution < -0.4 is 14.8 Å². The zero-order valence-electron chi connectivity index (χ0n) is 15.1. The van der Waals surface area contributed by atoms with Crippen molar-refractivity contribution in [2.45, 2.75) is 32.4 Å². The van der Waals surface area contributed by atoms with Gasteiger partial charge in [0.15, 0.2) is 11.5 Å². The topological polar surface area (TPSA) is 67.9 Å². The molecule has 0 spiro atoms. The van der Waals surface area contributed by atoms with Crippen LogP contribution in [0.5, 0.6) is 11.5 Å². The number of ether oxygens (including phenoxy) is 2. The van der Waals surface area contributed by atoms with E-state index < -0.39 is 0 Å². The summed E-state index contributed by atoms with van der Waals surface area (Å²) in [5.41, 5.74) is 3.44. The minimum atomic E-state index is -0.126. The van der Waals surface area contributed by atoms with Gasteiger partial charge in [0, 0.05) is 32.5 Å². The Morgan fingerprint density at radius 3 is 2.70 bits per heavy atom. The fourth-order valence-electron chi connectivity index (χ4n) is 3.43. The number of carbonyl (C=O) groups excluding carboxylic acids is 2. The number of fused-ring (bicyclic) bond motifs is 2. The third-order valence-electron chi connectivity index (χ3n) is 4.98. The van der Waals surface area contributed by atoms with Gasteiger partial charge in [0.25, 0.3) is 0 Å². The molecule has 0 unspecified atom stereocenters. The Morgan fingerprint density at radius 2 is 1.81 bits per heavy atom. The molecule has 4 rings (SSSR count). The number of nitrogens with one attached hydrogen (secondary N) is 1. The number of carbonyl (C=O) groups is 2. The molecule has 6 heteroatoms. The SMILES string of the molecule is O=C(CCC(=O)N1CCc2ccccc2C1)NCc1ccc2c(c1)OCO2. The van der Waals surface area contributed by atoms with Crippen molar-refractivity contribution in [1.29, 1.82) is 0 Å². The third kappa shape index (κ3) is 4.05. The van der Waals surface area contributed by atoms with E-state index in [-0.39, 0.29) is 31.4 Å². The summed E-state index contributed by atoms with van der Waals surface area (Å²) in [5, 5.41) is 2.86. The Balaban J connectivity index is 1.23. The second kappa shape index (κ2) is 7.70. The van der Waals surface area contributed by atoms with Crippen LogP contribution in [0, 0.1) is 0 Å². The summed E-state index contributed by atoms with van der Waals surface area (Å²) in [4.78, 5) is 26.4. The lowest BCUT2D eigenvalue weighted by atomic mass is 9.99. The molecule has 2 aliphatic heterocycles. The lowest BCUT2D eigenvalue weighted by Gasteiger charge is -2.28. The molecule has 0 atom stereocenters. The molecule has 0 fully saturated rings. The maximum atomic E-state index is 12.4. The maximum absolute atomic E-state index is 12.4. The van der Waals surface area contributed by atoms with Gasteiger partial charge in [-0.25, -0.2) is 0 Å².